The minimum Gasteiger partial charge on any atom is -0.203 e. The average Bonchev–Trinajstić information content (AvgIpc) is 2.13. The van der Waals surface area contributed by atoms with Crippen molar-refractivity contribution in [3.63, 3.8) is 0 Å². The lowest BCUT2D eigenvalue weighted by atomic mass is 10.1. The first kappa shape index (κ1) is 16.1. The van der Waals surface area contributed by atoms with Crippen LogP contribution in [0.25, 0.3) is 0 Å². The van der Waals surface area contributed by atoms with Gasteiger partial charge in [0.2, 0.25) is 0 Å². The van der Waals surface area contributed by atoms with Crippen molar-refractivity contribution >= 4 is 28.8 Å². The summed E-state index contributed by atoms with van der Waals surface area (Å²) in [7, 11) is -0.368. The van der Waals surface area contributed by atoms with Crippen molar-refractivity contribution in [2.45, 2.75) is 24.2 Å². The van der Waals surface area contributed by atoms with E-state index >= 15 is 0 Å². The molecule has 0 aliphatic heterocycles. The molecule has 94 valence electrons. The smallest absolute Gasteiger partial charge is 0.203 e. The fraction of sp³-hybridized carbons (Fsp3) is 0.667. The molecule has 0 aliphatic carbocycles. The molecule has 0 N–H and O–H groups in total. The van der Waals surface area contributed by atoms with Gasteiger partial charge in [0.05, 0.1) is 0 Å². The predicted octanol–water partition coefficient (Wildman–Crippen LogP) is 3.73. The van der Waals surface area contributed by atoms with Gasteiger partial charge in [-0.3, -0.25) is 0 Å². The molecule has 0 saturated carbocycles. The summed E-state index contributed by atoms with van der Waals surface area (Å²) in [6.45, 7) is 0. The first-order valence-electron chi connectivity index (χ1n) is 3.46. The number of hydrogen-bond donors (Lipinski definition) is 0. The van der Waals surface area contributed by atoms with Crippen molar-refractivity contribution in [2.75, 3.05) is 0 Å². The van der Waals surface area contributed by atoms with E-state index in [1.54, 1.807) is 0 Å². The van der Waals surface area contributed by atoms with Gasteiger partial charge in [-0.25, -0.2) is 8.78 Å². The molecule has 16 heavy (non-hydrogen) atoms. The van der Waals surface area contributed by atoms with Gasteiger partial charge < -0.3 is 0 Å². The highest BCUT2D eigenvalue weighted by Gasteiger charge is 2.74. The molecular weight excluding hydrogens is 379 g/mol. The van der Waals surface area contributed by atoms with Crippen LogP contribution in [0.2, 0.25) is 0 Å². The normalized spacial score (nSPS) is 15.1. The van der Waals surface area contributed by atoms with Gasteiger partial charge >= 0.3 is 24.2 Å². The summed E-state index contributed by atoms with van der Waals surface area (Å²) in [6, 6.07) is 0. The molecular formula is C6H3F8ISi. The van der Waals surface area contributed by atoms with E-state index in [0.717, 1.165) is 0 Å². The van der Waals surface area contributed by atoms with Crippen molar-refractivity contribution in [3.05, 3.63) is 11.8 Å². The van der Waals surface area contributed by atoms with Crippen LogP contribution in [0.5, 0.6) is 0 Å². The summed E-state index contributed by atoms with van der Waals surface area (Å²) in [5.41, 5.74) is 0.510. The third-order valence-corrected chi connectivity index (χ3v) is 2.84. The standard InChI is InChI=1S/C6H3F8ISi/c7-3(8)5(11,12)6(13,14)4(9,10)1-2-16-15/h1-3H. The van der Waals surface area contributed by atoms with Gasteiger partial charge in [0, 0.05) is 0 Å². The maximum Gasteiger partial charge on any atom is 0.381 e. The van der Waals surface area contributed by atoms with Gasteiger partial charge in [0.25, 0.3) is 0 Å². The SMILES string of the molecule is FC(F)C(F)(F)C(F)(F)C(F)(F)C=C[Si]I. The minimum atomic E-state index is -6.14. The minimum absolute atomic E-state index is 0.368. The lowest BCUT2D eigenvalue weighted by Gasteiger charge is -2.30. The van der Waals surface area contributed by atoms with Crippen LogP contribution in [0.15, 0.2) is 11.8 Å². The van der Waals surface area contributed by atoms with Gasteiger partial charge in [-0.2, -0.15) is 26.3 Å². The van der Waals surface area contributed by atoms with E-state index in [0.29, 0.717) is 5.70 Å². The number of alkyl halides is 8. The Kier molecular flexibility index (Phi) is 5.23. The van der Waals surface area contributed by atoms with Crippen LogP contribution in [-0.2, 0) is 0 Å². The molecule has 0 aromatic rings. The first-order valence-corrected chi connectivity index (χ1v) is 7.65. The van der Waals surface area contributed by atoms with Crippen molar-refractivity contribution in [2.24, 2.45) is 0 Å². The Morgan fingerprint density at radius 3 is 1.75 bits per heavy atom. The van der Waals surface area contributed by atoms with Crippen molar-refractivity contribution in [3.8, 4) is 0 Å². The summed E-state index contributed by atoms with van der Waals surface area (Å²) >= 11 is 1.52. The first-order chi connectivity index (χ1) is 7.00. The summed E-state index contributed by atoms with van der Waals surface area (Å²) < 4.78 is 97.9. The second-order valence-electron chi connectivity index (χ2n) is 2.56. The van der Waals surface area contributed by atoms with E-state index in [1.165, 1.54) is 21.8 Å². The maximum atomic E-state index is 12.6. The topological polar surface area (TPSA) is 0 Å². The molecule has 0 amide bonds. The van der Waals surface area contributed by atoms with E-state index in [9.17, 15) is 35.1 Å². The molecule has 0 atom stereocenters. The zero-order valence-corrected chi connectivity index (χ0v) is 10.3. The maximum absolute atomic E-state index is 12.6. The molecule has 10 heteroatoms. The van der Waals surface area contributed by atoms with Crippen LogP contribution in [0.4, 0.5) is 35.1 Å². The highest BCUT2D eigenvalue weighted by molar-refractivity contribution is 14.1. The molecule has 0 heterocycles. The fourth-order valence-electron chi connectivity index (χ4n) is 0.600. The predicted molar refractivity (Wildman–Crippen MR) is 49.8 cm³/mol. The van der Waals surface area contributed by atoms with Crippen LogP contribution in [0.1, 0.15) is 0 Å². The Hall–Kier alpha value is 0.127. The lowest BCUT2D eigenvalue weighted by Crippen LogP contribution is -2.56. The number of rotatable bonds is 5. The molecule has 0 bridgehead atoms. The Balaban J connectivity index is 5.25. The van der Waals surface area contributed by atoms with Gasteiger partial charge in [0.1, 0.15) is 0 Å². The van der Waals surface area contributed by atoms with E-state index < -0.39 is 30.3 Å². The van der Waals surface area contributed by atoms with Gasteiger partial charge in [0.15, 0.2) is 7.02 Å². The Morgan fingerprint density at radius 1 is 1.00 bits per heavy atom. The summed E-state index contributed by atoms with van der Waals surface area (Å²) in [5.74, 6) is -17.6. The second kappa shape index (κ2) is 5.19. The van der Waals surface area contributed by atoms with Crippen molar-refractivity contribution < 1.29 is 35.1 Å². The van der Waals surface area contributed by atoms with E-state index in [4.69, 9.17) is 0 Å². The van der Waals surface area contributed by atoms with Gasteiger partial charge in [-0.15, -0.1) is 21.8 Å². The molecule has 0 saturated heterocycles. The molecule has 0 spiro atoms. The summed E-state index contributed by atoms with van der Waals surface area (Å²) in [6.07, 6.45) is -5.36. The van der Waals surface area contributed by atoms with E-state index in [2.05, 4.69) is 0 Å². The number of allylic oxidation sites excluding steroid dienone is 1. The molecule has 0 rings (SSSR count). The van der Waals surface area contributed by atoms with E-state index in [1.807, 2.05) is 0 Å². The molecule has 0 aliphatic rings. The van der Waals surface area contributed by atoms with Crippen LogP contribution < -0.4 is 0 Å². The second-order valence-corrected chi connectivity index (χ2v) is 4.98. The monoisotopic (exact) mass is 382 g/mol. The molecule has 2 radical (unpaired) electrons. The highest BCUT2D eigenvalue weighted by atomic mass is 127. The number of hydrogen-bond acceptors (Lipinski definition) is 0. The van der Waals surface area contributed by atoms with Crippen molar-refractivity contribution in [1.29, 1.82) is 0 Å². The fourth-order valence-corrected chi connectivity index (χ4v) is 1.41. The third kappa shape index (κ3) is 2.87. The van der Waals surface area contributed by atoms with Gasteiger partial charge in [-0.05, 0) is 6.08 Å². The van der Waals surface area contributed by atoms with Crippen LogP contribution >= 0.6 is 21.8 Å². The van der Waals surface area contributed by atoms with Crippen LogP contribution in [0, 0.1) is 0 Å². The molecule has 0 fully saturated rings. The highest BCUT2D eigenvalue weighted by Crippen LogP contribution is 2.48. The quantitative estimate of drug-likeness (QED) is 0.294. The van der Waals surface area contributed by atoms with E-state index in [-0.39, 0.29) is 7.02 Å². The average molecular weight is 382 g/mol. The van der Waals surface area contributed by atoms with Crippen LogP contribution in [-0.4, -0.2) is 31.2 Å². The Bertz CT molecular complexity index is 263. The van der Waals surface area contributed by atoms with Crippen molar-refractivity contribution in [1.82, 2.24) is 0 Å². The molecule has 0 aromatic carbocycles. The Morgan fingerprint density at radius 2 is 1.44 bits per heavy atom. The zero-order chi connectivity index (χ0) is 13.2. The Labute approximate surface area is 100 Å². The molecule has 0 nitrogen and oxygen atoms in total. The summed E-state index contributed by atoms with van der Waals surface area (Å²) in [4.78, 5) is 0. The lowest BCUT2D eigenvalue weighted by molar-refractivity contribution is -0.324. The third-order valence-electron chi connectivity index (χ3n) is 1.47. The largest absolute Gasteiger partial charge is 0.381 e. The number of halogens is 9. The summed E-state index contributed by atoms with van der Waals surface area (Å²) in [5, 5.41) is 0. The van der Waals surface area contributed by atoms with Crippen LogP contribution in [0.3, 0.4) is 0 Å². The zero-order valence-electron chi connectivity index (χ0n) is 7.13. The molecule has 0 aromatic heterocycles. The molecule has 0 unspecified atom stereocenters. The van der Waals surface area contributed by atoms with Gasteiger partial charge in [-0.1, -0.05) is 5.70 Å².